The van der Waals surface area contributed by atoms with E-state index in [4.69, 9.17) is 25.2 Å². The van der Waals surface area contributed by atoms with E-state index in [9.17, 15) is 29.3 Å². The molecule has 0 bridgehead atoms. The summed E-state index contributed by atoms with van der Waals surface area (Å²) in [5.41, 5.74) is -0.600. The zero-order valence-corrected chi connectivity index (χ0v) is 22.1. The van der Waals surface area contributed by atoms with E-state index < -0.39 is 41.3 Å². The largest absolute Gasteiger partial charge is 0.481 e. The van der Waals surface area contributed by atoms with E-state index in [1.165, 1.54) is 16.3 Å². The van der Waals surface area contributed by atoms with Crippen molar-refractivity contribution in [1.82, 2.24) is 9.55 Å². The van der Waals surface area contributed by atoms with Crippen LogP contribution in [0.5, 0.6) is 0 Å². The number of imidazole rings is 1. The van der Waals surface area contributed by atoms with Gasteiger partial charge in [-0.15, -0.1) is 0 Å². The number of nitrogens with zero attached hydrogens (tertiary/aromatic N) is 3. The number of rotatable bonds is 13. The number of ether oxygens (including phenoxy) is 1. The Hall–Kier alpha value is -4.33. The molecule has 0 saturated carbocycles. The number of carbonyl (C=O) groups excluding carboxylic acids is 1. The molecule has 2 rings (SSSR count). The summed E-state index contributed by atoms with van der Waals surface area (Å²) in [5.74, 6) is -4.76. The molecule has 4 N–H and O–H groups in total. The standard InChI is InChI=1S/C19H25N3O4.C6H8O7/c1-13(2)11-16-5-7-17(8-6-16)14(3)19(23)26-10-9-21-15(4)20-12-18(21)22(24)25;7-3(8)1-6(13,5(11)12)2-4(9)10/h5-8,12-14H,9-11H2,1-4H3;13H,1-2H2,(H,7,8)(H,9,10)(H,11,12)/t14-;/m0./s1. The van der Waals surface area contributed by atoms with Gasteiger partial charge in [-0.3, -0.25) is 14.4 Å². The molecule has 2 aromatic rings. The average molecular weight is 552 g/mol. The van der Waals surface area contributed by atoms with E-state index in [1.807, 2.05) is 24.3 Å². The first-order valence-electron chi connectivity index (χ1n) is 11.9. The van der Waals surface area contributed by atoms with Gasteiger partial charge in [-0.2, -0.15) is 0 Å². The van der Waals surface area contributed by atoms with Crippen molar-refractivity contribution in [2.75, 3.05) is 6.61 Å². The van der Waals surface area contributed by atoms with Crippen molar-refractivity contribution in [3.63, 3.8) is 0 Å². The highest BCUT2D eigenvalue weighted by Gasteiger charge is 2.40. The molecule has 39 heavy (non-hydrogen) atoms. The van der Waals surface area contributed by atoms with E-state index >= 15 is 0 Å². The number of hydrogen-bond acceptors (Lipinski definition) is 9. The fraction of sp³-hybridized carbons (Fsp3) is 0.480. The zero-order chi connectivity index (χ0) is 29.9. The van der Waals surface area contributed by atoms with E-state index in [0.29, 0.717) is 11.7 Å². The number of aromatic nitrogens is 2. The van der Waals surface area contributed by atoms with Crippen LogP contribution in [0.4, 0.5) is 5.82 Å². The number of aliphatic hydroxyl groups is 1. The molecule has 0 spiro atoms. The fourth-order valence-electron chi connectivity index (χ4n) is 3.50. The SMILES string of the molecule is Cc1ncc([N+](=O)[O-])n1CCOC(=O)[C@@H](C)c1ccc(CC(C)C)cc1.O=C(O)CC(O)(CC(=O)O)C(=O)O. The maximum Gasteiger partial charge on any atom is 0.342 e. The van der Waals surface area contributed by atoms with Crippen molar-refractivity contribution in [3.05, 3.63) is 57.5 Å². The molecule has 0 saturated heterocycles. The molecule has 1 aromatic carbocycles. The molecule has 1 atom stereocenters. The minimum atomic E-state index is -2.74. The average Bonchev–Trinajstić information content (AvgIpc) is 3.18. The minimum Gasteiger partial charge on any atom is -0.481 e. The van der Waals surface area contributed by atoms with Crippen LogP contribution >= 0.6 is 0 Å². The highest BCUT2D eigenvalue weighted by Crippen LogP contribution is 2.20. The van der Waals surface area contributed by atoms with Crippen molar-refractivity contribution >= 4 is 29.7 Å². The smallest absolute Gasteiger partial charge is 0.342 e. The Bertz CT molecular complexity index is 1160. The third kappa shape index (κ3) is 10.5. The van der Waals surface area contributed by atoms with Gasteiger partial charge in [0.25, 0.3) is 0 Å². The summed E-state index contributed by atoms with van der Waals surface area (Å²) in [6.45, 7) is 8.07. The first-order valence-corrected chi connectivity index (χ1v) is 11.9. The lowest BCUT2D eigenvalue weighted by molar-refractivity contribution is -0.392. The summed E-state index contributed by atoms with van der Waals surface area (Å²) >= 11 is 0. The van der Waals surface area contributed by atoms with Crippen LogP contribution in [0, 0.1) is 23.0 Å². The van der Waals surface area contributed by atoms with Crippen LogP contribution in [0.3, 0.4) is 0 Å². The second-order valence-electron chi connectivity index (χ2n) is 9.28. The number of hydrogen-bond donors (Lipinski definition) is 4. The molecule has 0 aliphatic carbocycles. The summed E-state index contributed by atoms with van der Waals surface area (Å²) in [7, 11) is 0. The lowest BCUT2D eigenvalue weighted by Crippen LogP contribution is -2.42. The predicted molar refractivity (Wildman–Crippen MR) is 135 cm³/mol. The van der Waals surface area contributed by atoms with E-state index in [2.05, 4.69) is 18.8 Å². The molecular formula is C25H33N3O11. The number of benzene rings is 1. The Morgan fingerprint density at radius 2 is 1.59 bits per heavy atom. The molecule has 14 heteroatoms. The molecule has 214 valence electrons. The third-order valence-corrected chi connectivity index (χ3v) is 5.54. The Labute approximate surface area is 224 Å². The summed E-state index contributed by atoms with van der Waals surface area (Å²) in [5, 5.41) is 44.8. The molecule has 1 heterocycles. The van der Waals surface area contributed by atoms with Crippen molar-refractivity contribution < 1.29 is 49.3 Å². The summed E-state index contributed by atoms with van der Waals surface area (Å²) in [4.78, 5) is 57.1. The summed E-state index contributed by atoms with van der Waals surface area (Å²) in [6, 6.07) is 7.98. The van der Waals surface area contributed by atoms with E-state index in [0.717, 1.165) is 12.0 Å². The maximum atomic E-state index is 12.3. The van der Waals surface area contributed by atoms with Crippen LogP contribution in [-0.2, 0) is 36.9 Å². The van der Waals surface area contributed by atoms with Gasteiger partial charge in [0.1, 0.15) is 19.3 Å². The number of aliphatic carboxylic acids is 3. The molecule has 0 fully saturated rings. The molecular weight excluding hydrogens is 518 g/mol. The van der Waals surface area contributed by atoms with Gasteiger partial charge < -0.3 is 35.3 Å². The Morgan fingerprint density at radius 3 is 2.03 bits per heavy atom. The number of esters is 1. The number of carbonyl (C=O) groups is 4. The monoisotopic (exact) mass is 551 g/mol. The van der Waals surface area contributed by atoms with E-state index in [1.54, 1.807) is 13.8 Å². The van der Waals surface area contributed by atoms with Crippen LogP contribution in [0.2, 0.25) is 0 Å². The van der Waals surface area contributed by atoms with Crippen LogP contribution in [0.25, 0.3) is 0 Å². The molecule has 1 aromatic heterocycles. The lowest BCUT2D eigenvalue weighted by Gasteiger charge is -2.18. The Kier molecular flexibility index (Phi) is 12.2. The van der Waals surface area contributed by atoms with Crippen LogP contribution in [-0.4, -0.2) is 71.0 Å². The first kappa shape index (κ1) is 32.7. The van der Waals surface area contributed by atoms with Gasteiger partial charge in [0.15, 0.2) is 11.4 Å². The highest BCUT2D eigenvalue weighted by molar-refractivity contribution is 5.88. The number of carboxylic acids is 3. The molecule has 14 nitrogen and oxygen atoms in total. The second kappa shape index (κ2) is 14.6. The molecule has 0 aliphatic heterocycles. The Balaban J connectivity index is 0.000000495. The van der Waals surface area contributed by atoms with Gasteiger partial charge >= 0.3 is 29.7 Å². The fourth-order valence-corrected chi connectivity index (χ4v) is 3.50. The maximum absolute atomic E-state index is 12.3. The number of aryl methyl sites for hydroxylation is 1. The number of carboxylic acid groups (broad SMARTS) is 3. The number of nitro groups is 1. The van der Waals surface area contributed by atoms with Crippen molar-refractivity contribution in [1.29, 1.82) is 0 Å². The van der Waals surface area contributed by atoms with Crippen LogP contribution in [0.1, 0.15) is 56.5 Å². The van der Waals surface area contributed by atoms with Gasteiger partial charge in [0.2, 0.25) is 0 Å². The third-order valence-electron chi connectivity index (χ3n) is 5.54. The molecule has 0 unspecified atom stereocenters. The van der Waals surface area contributed by atoms with Crippen molar-refractivity contribution in [3.8, 4) is 0 Å². The zero-order valence-electron chi connectivity index (χ0n) is 22.1. The van der Waals surface area contributed by atoms with Crippen LogP contribution < -0.4 is 0 Å². The first-order chi connectivity index (χ1) is 18.1. The van der Waals surface area contributed by atoms with Crippen molar-refractivity contribution in [2.24, 2.45) is 5.92 Å². The predicted octanol–water partition coefficient (Wildman–Crippen LogP) is 2.40. The Morgan fingerprint density at radius 1 is 1.05 bits per heavy atom. The summed E-state index contributed by atoms with van der Waals surface area (Å²) < 4.78 is 6.74. The van der Waals surface area contributed by atoms with Gasteiger partial charge in [-0.25, -0.2) is 14.3 Å². The quantitative estimate of drug-likeness (QED) is 0.160. The second-order valence-corrected chi connectivity index (χ2v) is 9.28. The van der Waals surface area contributed by atoms with Gasteiger partial charge in [-0.1, -0.05) is 38.1 Å². The molecule has 0 amide bonds. The van der Waals surface area contributed by atoms with Crippen molar-refractivity contribution in [2.45, 2.75) is 65.0 Å². The normalized spacial score (nSPS) is 11.7. The van der Waals surface area contributed by atoms with E-state index in [-0.39, 0.29) is 30.9 Å². The molecule has 0 aliphatic rings. The minimum absolute atomic E-state index is 0.0621. The van der Waals surface area contributed by atoms with Crippen LogP contribution in [0.15, 0.2) is 30.5 Å². The topological polar surface area (TPSA) is 219 Å². The molecule has 0 radical (unpaired) electrons. The van der Waals surface area contributed by atoms with Gasteiger partial charge in [-0.05, 0) is 35.3 Å². The van der Waals surface area contributed by atoms with Gasteiger partial charge in [0, 0.05) is 6.92 Å². The summed E-state index contributed by atoms with van der Waals surface area (Å²) in [6.07, 6.45) is -0.0795. The highest BCUT2D eigenvalue weighted by atomic mass is 16.6. The van der Waals surface area contributed by atoms with Gasteiger partial charge in [0.05, 0.1) is 18.8 Å². The lowest BCUT2D eigenvalue weighted by atomic mass is 9.96.